The molecule has 1 amide bonds. The van der Waals surface area contributed by atoms with Crippen LogP contribution in [0.2, 0.25) is 0 Å². The van der Waals surface area contributed by atoms with Gasteiger partial charge in [0.1, 0.15) is 0 Å². The Morgan fingerprint density at radius 3 is 2.43 bits per heavy atom. The third kappa shape index (κ3) is 5.31. The van der Waals surface area contributed by atoms with Crippen LogP contribution in [0.4, 0.5) is 0 Å². The molecule has 2 heterocycles. The molecule has 2 aromatic rings. The highest BCUT2D eigenvalue weighted by Crippen LogP contribution is 2.38. The van der Waals surface area contributed by atoms with Crippen molar-refractivity contribution in [2.45, 2.75) is 38.4 Å². The van der Waals surface area contributed by atoms with Gasteiger partial charge in [0.15, 0.2) is 17.2 Å². The lowest BCUT2D eigenvalue weighted by molar-refractivity contribution is 0.0656. The lowest BCUT2D eigenvalue weighted by Gasteiger charge is -2.32. The quantitative estimate of drug-likeness (QED) is 0.547. The fourth-order valence-electron chi connectivity index (χ4n) is 4.97. The number of ether oxygens (including phenoxy) is 3. The second-order valence-electron chi connectivity index (χ2n) is 9.19. The number of hydrogen-bond acceptors (Lipinski definition) is 7. The zero-order valence-electron chi connectivity index (χ0n) is 21.3. The molecule has 0 radical (unpaired) electrons. The SMILES string of the molecule is C=CCn1nc(C(=O)N2CCN(C)CC2)c2c1CC[C@@H](NCc1cc(OC)c(OC)c(OC)c1)C2. The minimum atomic E-state index is 0.0439. The molecule has 9 nitrogen and oxygen atoms in total. The number of nitrogens with zero attached hydrogens (tertiary/aromatic N) is 4. The Labute approximate surface area is 207 Å². The molecular formula is C26H37N5O4. The van der Waals surface area contributed by atoms with Crippen LogP contribution in [0.25, 0.3) is 0 Å². The fraction of sp³-hybridized carbons (Fsp3) is 0.538. The summed E-state index contributed by atoms with van der Waals surface area (Å²) in [6.45, 7) is 8.39. The van der Waals surface area contributed by atoms with E-state index in [-0.39, 0.29) is 11.9 Å². The van der Waals surface area contributed by atoms with Gasteiger partial charge in [0, 0.05) is 50.0 Å². The summed E-state index contributed by atoms with van der Waals surface area (Å²) in [7, 11) is 6.94. The highest BCUT2D eigenvalue weighted by molar-refractivity contribution is 5.94. The molecule has 1 saturated heterocycles. The minimum absolute atomic E-state index is 0.0439. The third-order valence-corrected chi connectivity index (χ3v) is 6.96. The van der Waals surface area contributed by atoms with Crippen LogP contribution in [0.3, 0.4) is 0 Å². The summed E-state index contributed by atoms with van der Waals surface area (Å²) in [4.78, 5) is 17.6. The van der Waals surface area contributed by atoms with Gasteiger partial charge in [-0.15, -0.1) is 6.58 Å². The first-order valence-electron chi connectivity index (χ1n) is 12.2. The standard InChI is InChI=1S/C26H37N5O4/c1-6-9-31-21-8-7-19(27-17-18-14-22(33-3)25(35-5)23(15-18)34-4)16-20(21)24(28-31)26(32)30-12-10-29(2)11-13-30/h6,14-15,19,27H,1,7-13,16-17H2,2-5H3/t19-/m1/s1. The largest absolute Gasteiger partial charge is 0.493 e. The number of methoxy groups -OCH3 is 3. The van der Waals surface area contributed by atoms with Gasteiger partial charge in [-0.25, -0.2) is 0 Å². The monoisotopic (exact) mass is 483 g/mol. The first kappa shape index (κ1) is 25.1. The van der Waals surface area contributed by atoms with E-state index < -0.39 is 0 Å². The molecule has 1 aromatic heterocycles. The average Bonchev–Trinajstić information content (AvgIpc) is 3.24. The summed E-state index contributed by atoms with van der Waals surface area (Å²) in [6.07, 6.45) is 4.46. The number of carbonyl (C=O) groups is 1. The summed E-state index contributed by atoms with van der Waals surface area (Å²) >= 11 is 0. The number of rotatable bonds is 9. The van der Waals surface area contributed by atoms with Crippen LogP contribution >= 0.6 is 0 Å². The Balaban J connectivity index is 1.51. The number of hydrogen-bond donors (Lipinski definition) is 1. The Hall–Kier alpha value is -3.04. The molecule has 1 aliphatic carbocycles. The van der Waals surface area contributed by atoms with Crippen molar-refractivity contribution in [3.63, 3.8) is 0 Å². The number of aromatic nitrogens is 2. The van der Waals surface area contributed by atoms with Crippen molar-refractivity contribution in [2.75, 3.05) is 54.6 Å². The van der Waals surface area contributed by atoms with Crippen LogP contribution in [0, 0.1) is 0 Å². The molecule has 35 heavy (non-hydrogen) atoms. The normalized spacial score (nSPS) is 18.2. The highest BCUT2D eigenvalue weighted by Gasteiger charge is 2.31. The van der Waals surface area contributed by atoms with Gasteiger partial charge in [-0.1, -0.05) is 6.08 Å². The molecule has 1 aromatic carbocycles. The molecule has 1 N–H and O–H groups in total. The number of allylic oxidation sites excluding steroid dienone is 1. The molecule has 0 unspecified atom stereocenters. The van der Waals surface area contributed by atoms with Gasteiger partial charge in [-0.05, 0) is 44.0 Å². The van der Waals surface area contributed by atoms with Gasteiger partial charge in [0.05, 0.1) is 27.9 Å². The van der Waals surface area contributed by atoms with Crippen molar-refractivity contribution in [2.24, 2.45) is 0 Å². The van der Waals surface area contributed by atoms with Crippen molar-refractivity contribution in [3.05, 3.63) is 47.3 Å². The second kappa shape index (κ2) is 11.1. The van der Waals surface area contributed by atoms with Crippen LogP contribution in [0.1, 0.15) is 33.7 Å². The number of carbonyl (C=O) groups excluding carboxylic acids is 1. The highest BCUT2D eigenvalue weighted by atomic mass is 16.5. The van der Waals surface area contributed by atoms with Crippen molar-refractivity contribution < 1.29 is 19.0 Å². The zero-order valence-corrected chi connectivity index (χ0v) is 21.3. The number of nitrogens with one attached hydrogen (secondary N) is 1. The molecule has 0 saturated carbocycles. The summed E-state index contributed by atoms with van der Waals surface area (Å²) < 4.78 is 18.4. The van der Waals surface area contributed by atoms with E-state index in [1.54, 1.807) is 21.3 Å². The van der Waals surface area contributed by atoms with E-state index in [4.69, 9.17) is 19.3 Å². The lowest BCUT2D eigenvalue weighted by atomic mass is 9.90. The van der Waals surface area contributed by atoms with Gasteiger partial charge in [0.25, 0.3) is 5.91 Å². The first-order valence-corrected chi connectivity index (χ1v) is 12.2. The maximum Gasteiger partial charge on any atom is 0.274 e. The molecular weight excluding hydrogens is 446 g/mol. The maximum atomic E-state index is 13.4. The van der Waals surface area contributed by atoms with Gasteiger partial charge < -0.3 is 29.3 Å². The first-order chi connectivity index (χ1) is 17.0. The number of benzene rings is 1. The summed E-state index contributed by atoms with van der Waals surface area (Å²) in [5.41, 5.74) is 3.88. The van der Waals surface area contributed by atoms with Crippen molar-refractivity contribution in [3.8, 4) is 17.2 Å². The summed E-state index contributed by atoms with van der Waals surface area (Å²) in [6, 6.07) is 4.17. The molecule has 9 heteroatoms. The molecule has 2 aliphatic rings. The van der Waals surface area contributed by atoms with Crippen LogP contribution in [-0.4, -0.2) is 86.1 Å². The Morgan fingerprint density at radius 1 is 1.14 bits per heavy atom. The lowest BCUT2D eigenvalue weighted by Crippen LogP contribution is -2.47. The molecule has 1 fully saturated rings. The topological polar surface area (TPSA) is 81.1 Å². The molecule has 1 aliphatic heterocycles. The van der Waals surface area contributed by atoms with E-state index in [0.717, 1.165) is 62.3 Å². The number of likely N-dealkylation sites (N-methyl/N-ethyl adjacent to an activating group) is 1. The molecule has 190 valence electrons. The average molecular weight is 484 g/mol. The predicted molar refractivity (Wildman–Crippen MR) is 135 cm³/mol. The van der Waals surface area contributed by atoms with Crippen molar-refractivity contribution in [1.82, 2.24) is 24.9 Å². The zero-order chi connectivity index (χ0) is 24.9. The van der Waals surface area contributed by atoms with E-state index >= 15 is 0 Å². The van der Waals surface area contributed by atoms with E-state index in [1.165, 1.54) is 0 Å². The Kier molecular flexibility index (Phi) is 7.97. The summed E-state index contributed by atoms with van der Waals surface area (Å²) in [5.74, 6) is 1.91. The summed E-state index contributed by atoms with van der Waals surface area (Å²) in [5, 5.41) is 8.43. The van der Waals surface area contributed by atoms with Crippen LogP contribution < -0.4 is 19.5 Å². The Morgan fingerprint density at radius 2 is 1.83 bits per heavy atom. The molecule has 0 spiro atoms. The number of amides is 1. The predicted octanol–water partition coefficient (Wildman–Crippen LogP) is 2.13. The minimum Gasteiger partial charge on any atom is -0.493 e. The van der Waals surface area contributed by atoms with Crippen LogP contribution in [0.15, 0.2) is 24.8 Å². The third-order valence-electron chi connectivity index (χ3n) is 6.96. The molecule has 0 bridgehead atoms. The number of fused-ring (bicyclic) bond motifs is 1. The van der Waals surface area contributed by atoms with Gasteiger partial charge in [0.2, 0.25) is 5.75 Å². The van der Waals surface area contributed by atoms with E-state index in [2.05, 4.69) is 23.8 Å². The van der Waals surface area contributed by atoms with Gasteiger partial charge in [-0.3, -0.25) is 9.48 Å². The van der Waals surface area contributed by atoms with Crippen molar-refractivity contribution in [1.29, 1.82) is 0 Å². The van der Waals surface area contributed by atoms with Crippen molar-refractivity contribution >= 4 is 5.91 Å². The maximum absolute atomic E-state index is 13.4. The van der Waals surface area contributed by atoms with Crippen LogP contribution in [0.5, 0.6) is 17.2 Å². The van der Waals surface area contributed by atoms with Gasteiger partial charge in [-0.2, -0.15) is 5.10 Å². The second-order valence-corrected chi connectivity index (χ2v) is 9.19. The molecule has 1 atom stereocenters. The van der Waals surface area contributed by atoms with E-state index in [9.17, 15) is 4.79 Å². The number of piperazine rings is 1. The Bertz CT molecular complexity index is 1030. The van der Waals surface area contributed by atoms with Gasteiger partial charge >= 0.3 is 0 Å². The fourth-order valence-corrected chi connectivity index (χ4v) is 4.97. The van der Waals surface area contributed by atoms with E-state index in [1.807, 2.05) is 27.8 Å². The molecule has 4 rings (SSSR count). The smallest absolute Gasteiger partial charge is 0.274 e. The van der Waals surface area contributed by atoms with Crippen LogP contribution in [-0.2, 0) is 25.9 Å². The van der Waals surface area contributed by atoms with E-state index in [0.29, 0.717) is 36.0 Å².